The molecule has 7 heteroatoms. The first-order chi connectivity index (χ1) is 13.6. The van der Waals surface area contributed by atoms with E-state index in [-0.39, 0.29) is 12.5 Å². The molecule has 2 aromatic rings. The highest BCUT2D eigenvalue weighted by Crippen LogP contribution is 2.25. The molecule has 0 bridgehead atoms. The maximum atomic E-state index is 11.9. The number of hydrazone groups is 1. The Labute approximate surface area is 174 Å². The molecule has 0 heterocycles. The molecule has 0 spiro atoms. The van der Waals surface area contributed by atoms with E-state index in [2.05, 4.69) is 33.4 Å². The Morgan fingerprint density at radius 1 is 1.04 bits per heavy atom. The van der Waals surface area contributed by atoms with Gasteiger partial charge in [0, 0.05) is 11.6 Å². The average Bonchev–Trinajstić information content (AvgIpc) is 2.71. The van der Waals surface area contributed by atoms with Crippen molar-refractivity contribution in [3.05, 3.63) is 52.5 Å². The van der Waals surface area contributed by atoms with E-state index < -0.39 is 0 Å². The lowest BCUT2D eigenvalue weighted by Gasteiger charge is -2.11. The normalized spacial score (nSPS) is 10.7. The van der Waals surface area contributed by atoms with Crippen LogP contribution in [0, 0.1) is 0 Å². The molecule has 0 radical (unpaired) electrons. The molecule has 28 heavy (non-hydrogen) atoms. The zero-order chi connectivity index (χ0) is 20.2. The summed E-state index contributed by atoms with van der Waals surface area (Å²) < 4.78 is 17.7. The first-order valence-corrected chi connectivity index (χ1v) is 10.0. The van der Waals surface area contributed by atoms with E-state index in [0.717, 1.165) is 28.6 Å². The second kappa shape index (κ2) is 12.0. The van der Waals surface area contributed by atoms with Gasteiger partial charge in [-0.3, -0.25) is 4.79 Å². The lowest BCUT2D eigenvalue weighted by molar-refractivity contribution is -0.123. The molecule has 6 nitrogen and oxygen atoms in total. The maximum absolute atomic E-state index is 11.9. The fourth-order valence-corrected chi connectivity index (χ4v) is 2.58. The number of ether oxygens (including phenoxy) is 3. The number of amides is 1. The van der Waals surface area contributed by atoms with Crippen molar-refractivity contribution < 1.29 is 19.0 Å². The van der Waals surface area contributed by atoms with E-state index in [1.54, 1.807) is 12.3 Å². The number of nitrogens with one attached hydrogen (secondary N) is 1. The Balaban J connectivity index is 1.94. The molecule has 0 atom stereocenters. The van der Waals surface area contributed by atoms with Crippen LogP contribution < -0.4 is 19.6 Å². The first-order valence-electron chi connectivity index (χ1n) is 9.23. The molecule has 0 aliphatic rings. The summed E-state index contributed by atoms with van der Waals surface area (Å²) in [5.74, 6) is 1.65. The van der Waals surface area contributed by atoms with Gasteiger partial charge in [-0.25, -0.2) is 5.43 Å². The van der Waals surface area contributed by atoms with Gasteiger partial charge in [-0.1, -0.05) is 26.0 Å². The van der Waals surface area contributed by atoms with Gasteiger partial charge in [0.25, 0.3) is 5.91 Å². The molecule has 0 aliphatic heterocycles. The molecule has 0 fully saturated rings. The molecular formula is C21H25BrN2O4. The van der Waals surface area contributed by atoms with E-state index in [4.69, 9.17) is 14.2 Å². The van der Waals surface area contributed by atoms with Crippen LogP contribution in [0.3, 0.4) is 0 Å². The Morgan fingerprint density at radius 3 is 2.54 bits per heavy atom. The Hall–Kier alpha value is -2.54. The maximum Gasteiger partial charge on any atom is 0.277 e. The minimum atomic E-state index is -0.356. The third kappa shape index (κ3) is 7.23. The van der Waals surface area contributed by atoms with Gasteiger partial charge in [0.15, 0.2) is 6.61 Å². The third-order valence-electron chi connectivity index (χ3n) is 3.51. The molecule has 0 aliphatic carbocycles. The van der Waals surface area contributed by atoms with Crippen LogP contribution in [0.15, 0.2) is 52.0 Å². The highest BCUT2D eigenvalue weighted by atomic mass is 79.9. The number of hydrogen-bond acceptors (Lipinski definition) is 5. The lowest BCUT2D eigenvalue weighted by Crippen LogP contribution is -2.24. The van der Waals surface area contributed by atoms with Crippen molar-refractivity contribution in [2.24, 2.45) is 5.10 Å². The first kappa shape index (κ1) is 21.8. The SMILES string of the molecule is CCCOc1ccc(/C=N/NC(=O)COc2ccccc2Br)c(OCCC)c1. The van der Waals surface area contributed by atoms with Crippen molar-refractivity contribution in [2.75, 3.05) is 19.8 Å². The average molecular weight is 449 g/mol. The van der Waals surface area contributed by atoms with Gasteiger partial charge in [-0.15, -0.1) is 0 Å². The summed E-state index contributed by atoms with van der Waals surface area (Å²) in [6.45, 7) is 5.19. The molecule has 150 valence electrons. The van der Waals surface area contributed by atoms with E-state index in [9.17, 15) is 4.79 Å². The monoisotopic (exact) mass is 448 g/mol. The molecule has 0 unspecified atom stereocenters. The van der Waals surface area contributed by atoms with Crippen LogP contribution in [0.25, 0.3) is 0 Å². The molecule has 1 amide bonds. The molecule has 0 saturated carbocycles. The highest BCUT2D eigenvalue weighted by molar-refractivity contribution is 9.10. The zero-order valence-electron chi connectivity index (χ0n) is 16.1. The summed E-state index contributed by atoms with van der Waals surface area (Å²) in [4.78, 5) is 11.9. The minimum absolute atomic E-state index is 0.136. The summed E-state index contributed by atoms with van der Waals surface area (Å²) in [7, 11) is 0. The number of carbonyl (C=O) groups is 1. The van der Waals surface area contributed by atoms with Crippen molar-refractivity contribution in [3.8, 4) is 17.2 Å². The van der Waals surface area contributed by atoms with Gasteiger partial charge < -0.3 is 14.2 Å². The topological polar surface area (TPSA) is 69.2 Å². The van der Waals surface area contributed by atoms with E-state index in [1.165, 1.54) is 0 Å². The lowest BCUT2D eigenvalue weighted by atomic mass is 10.2. The summed E-state index contributed by atoms with van der Waals surface area (Å²) in [6.07, 6.45) is 3.37. The number of carbonyl (C=O) groups excluding carboxylic acids is 1. The summed E-state index contributed by atoms with van der Waals surface area (Å²) in [5, 5.41) is 4.00. The van der Waals surface area contributed by atoms with Gasteiger partial charge in [-0.05, 0) is 53.0 Å². The molecule has 1 N–H and O–H groups in total. The number of rotatable bonds is 11. The van der Waals surface area contributed by atoms with Crippen LogP contribution in [-0.2, 0) is 4.79 Å². The Morgan fingerprint density at radius 2 is 1.79 bits per heavy atom. The molecule has 0 saturated heterocycles. The highest BCUT2D eigenvalue weighted by Gasteiger charge is 2.06. The summed E-state index contributed by atoms with van der Waals surface area (Å²) in [6, 6.07) is 12.9. The van der Waals surface area contributed by atoms with Crippen molar-refractivity contribution in [1.29, 1.82) is 0 Å². The van der Waals surface area contributed by atoms with E-state index in [1.807, 2.05) is 43.3 Å². The van der Waals surface area contributed by atoms with Gasteiger partial charge in [0.2, 0.25) is 0 Å². The minimum Gasteiger partial charge on any atom is -0.493 e. The van der Waals surface area contributed by atoms with Crippen LogP contribution in [-0.4, -0.2) is 31.9 Å². The van der Waals surface area contributed by atoms with Crippen molar-refractivity contribution in [1.82, 2.24) is 5.43 Å². The van der Waals surface area contributed by atoms with Gasteiger partial charge in [-0.2, -0.15) is 5.10 Å². The number of hydrogen-bond donors (Lipinski definition) is 1. The van der Waals surface area contributed by atoms with Crippen LogP contribution in [0.2, 0.25) is 0 Å². The summed E-state index contributed by atoms with van der Waals surface area (Å²) in [5.41, 5.74) is 3.21. The van der Waals surface area contributed by atoms with E-state index in [0.29, 0.717) is 24.7 Å². The fourth-order valence-electron chi connectivity index (χ4n) is 2.18. The van der Waals surface area contributed by atoms with Crippen molar-refractivity contribution in [2.45, 2.75) is 26.7 Å². The van der Waals surface area contributed by atoms with Crippen LogP contribution >= 0.6 is 15.9 Å². The molecular weight excluding hydrogens is 424 g/mol. The predicted molar refractivity (Wildman–Crippen MR) is 113 cm³/mol. The van der Waals surface area contributed by atoms with Crippen molar-refractivity contribution >= 4 is 28.1 Å². The Bertz CT molecular complexity index is 796. The van der Waals surface area contributed by atoms with Gasteiger partial charge in [0.05, 0.1) is 23.9 Å². The molecule has 0 aromatic heterocycles. The van der Waals surface area contributed by atoms with Crippen LogP contribution in [0.5, 0.6) is 17.2 Å². The number of para-hydroxylation sites is 1. The number of benzene rings is 2. The zero-order valence-corrected chi connectivity index (χ0v) is 17.7. The third-order valence-corrected chi connectivity index (χ3v) is 4.16. The Kier molecular flexibility index (Phi) is 9.34. The molecule has 2 aromatic carbocycles. The fraction of sp³-hybridized carbons (Fsp3) is 0.333. The second-order valence-electron chi connectivity index (χ2n) is 5.91. The standard InChI is InChI=1S/C21H25BrN2O4/c1-3-11-26-17-10-9-16(20(13-17)27-12-4-2)14-23-24-21(25)15-28-19-8-6-5-7-18(19)22/h5-10,13-14H,3-4,11-12,15H2,1-2H3,(H,24,25)/b23-14+. The van der Waals surface area contributed by atoms with Gasteiger partial charge >= 0.3 is 0 Å². The van der Waals surface area contributed by atoms with E-state index >= 15 is 0 Å². The summed E-state index contributed by atoms with van der Waals surface area (Å²) >= 11 is 3.37. The smallest absolute Gasteiger partial charge is 0.277 e. The van der Waals surface area contributed by atoms with Crippen LogP contribution in [0.1, 0.15) is 32.3 Å². The predicted octanol–water partition coefficient (Wildman–Crippen LogP) is 4.56. The van der Waals surface area contributed by atoms with Crippen LogP contribution in [0.4, 0.5) is 0 Å². The number of halogens is 1. The molecule has 2 rings (SSSR count). The largest absolute Gasteiger partial charge is 0.493 e. The van der Waals surface area contributed by atoms with Gasteiger partial charge in [0.1, 0.15) is 17.2 Å². The number of nitrogens with zero attached hydrogens (tertiary/aromatic N) is 1. The van der Waals surface area contributed by atoms with Crippen molar-refractivity contribution in [3.63, 3.8) is 0 Å². The quantitative estimate of drug-likeness (QED) is 0.404. The second-order valence-corrected chi connectivity index (χ2v) is 6.76.